The first kappa shape index (κ1) is 20.3. The summed E-state index contributed by atoms with van der Waals surface area (Å²) in [4.78, 5) is 22.8. The lowest BCUT2D eigenvalue weighted by molar-refractivity contribution is -0.384. The number of carbonyl (C=O) groups is 1. The summed E-state index contributed by atoms with van der Waals surface area (Å²) in [6.07, 6.45) is 1.42. The second kappa shape index (κ2) is 9.66. The van der Waals surface area contributed by atoms with Crippen molar-refractivity contribution in [1.82, 2.24) is 0 Å². The Balaban J connectivity index is 1.79. The largest absolute Gasteiger partial charge is 0.488 e. The molecule has 0 saturated heterocycles. The predicted molar refractivity (Wildman–Crippen MR) is 113 cm³/mol. The maximum Gasteiger partial charge on any atom is 0.271 e. The lowest BCUT2D eigenvalue weighted by Crippen LogP contribution is -2.13. The molecule has 3 aromatic carbocycles. The van der Waals surface area contributed by atoms with Crippen molar-refractivity contribution in [3.05, 3.63) is 106 Å². The number of amides is 1. The first-order valence-corrected chi connectivity index (χ1v) is 9.00. The molecule has 0 bridgehead atoms. The molecule has 0 atom stereocenters. The quantitative estimate of drug-likeness (QED) is 0.268. The fourth-order valence-electron chi connectivity index (χ4n) is 2.67. The fraction of sp³-hybridized carbons (Fsp3) is 0.0435. The smallest absolute Gasteiger partial charge is 0.271 e. The van der Waals surface area contributed by atoms with E-state index in [1.165, 1.54) is 30.3 Å². The normalized spacial score (nSPS) is 10.7. The molecule has 0 aromatic heterocycles. The molecule has 0 spiro atoms. The topological polar surface area (TPSA) is 105 Å². The molecule has 3 aromatic rings. The van der Waals surface area contributed by atoms with E-state index in [9.17, 15) is 20.2 Å². The summed E-state index contributed by atoms with van der Waals surface area (Å²) in [5.41, 5.74) is 1.47. The number of rotatable bonds is 7. The van der Waals surface area contributed by atoms with Gasteiger partial charge >= 0.3 is 0 Å². The zero-order valence-electron chi connectivity index (χ0n) is 15.8. The van der Waals surface area contributed by atoms with E-state index in [-0.39, 0.29) is 16.9 Å². The van der Waals surface area contributed by atoms with Gasteiger partial charge in [0.05, 0.1) is 4.92 Å². The molecule has 7 heteroatoms. The molecule has 0 aliphatic rings. The number of carbonyl (C=O) groups excluding carboxylic acids is 1. The van der Waals surface area contributed by atoms with Gasteiger partial charge in [0.15, 0.2) is 0 Å². The van der Waals surface area contributed by atoms with E-state index in [1.54, 1.807) is 24.3 Å². The highest BCUT2D eigenvalue weighted by molar-refractivity contribution is 6.09. The minimum atomic E-state index is -0.670. The van der Waals surface area contributed by atoms with Crippen LogP contribution in [0, 0.1) is 21.4 Å². The van der Waals surface area contributed by atoms with Gasteiger partial charge in [-0.3, -0.25) is 14.9 Å². The summed E-state index contributed by atoms with van der Waals surface area (Å²) < 4.78 is 5.85. The Hall–Kier alpha value is -4.44. The molecule has 0 heterocycles. The van der Waals surface area contributed by atoms with E-state index >= 15 is 0 Å². The Morgan fingerprint density at radius 2 is 1.80 bits per heavy atom. The van der Waals surface area contributed by atoms with Gasteiger partial charge in [-0.15, -0.1) is 0 Å². The lowest BCUT2D eigenvalue weighted by Gasteiger charge is -2.10. The Bertz CT molecular complexity index is 1130. The van der Waals surface area contributed by atoms with Gasteiger partial charge in [-0.2, -0.15) is 5.26 Å². The van der Waals surface area contributed by atoms with Crippen LogP contribution in [0.25, 0.3) is 6.08 Å². The van der Waals surface area contributed by atoms with Crippen molar-refractivity contribution in [3.63, 3.8) is 0 Å². The van der Waals surface area contributed by atoms with Gasteiger partial charge in [0, 0.05) is 23.4 Å². The Morgan fingerprint density at radius 3 is 2.53 bits per heavy atom. The SMILES string of the molecule is N#C/C(=C\c1ccccc1OCc1ccccc1)C(=O)Nc1cccc([N+](=O)[O-])c1. The summed E-state index contributed by atoms with van der Waals surface area (Å²) in [5, 5.41) is 22.8. The van der Waals surface area contributed by atoms with E-state index in [0.717, 1.165) is 5.56 Å². The second-order valence-corrected chi connectivity index (χ2v) is 6.24. The molecule has 0 saturated carbocycles. The summed E-state index contributed by atoms with van der Waals surface area (Å²) in [6, 6.07) is 24.0. The van der Waals surface area contributed by atoms with Crippen LogP contribution in [0.15, 0.2) is 84.4 Å². The second-order valence-electron chi connectivity index (χ2n) is 6.24. The number of nitro groups is 1. The molecule has 30 heavy (non-hydrogen) atoms. The van der Waals surface area contributed by atoms with Crippen LogP contribution in [0.1, 0.15) is 11.1 Å². The van der Waals surface area contributed by atoms with Crippen LogP contribution >= 0.6 is 0 Å². The molecule has 0 radical (unpaired) electrons. The summed E-state index contributed by atoms with van der Waals surface area (Å²) in [6.45, 7) is 0.341. The maximum atomic E-state index is 12.5. The minimum absolute atomic E-state index is 0.155. The van der Waals surface area contributed by atoms with Crippen molar-refractivity contribution < 1.29 is 14.5 Å². The highest BCUT2D eigenvalue weighted by Crippen LogP contribution is 2.23. The number of nitro benzene ring substituents is 1. The van der Waals surface area contributed by atoms with Gasteiger partial charge in [-0.05, 0) is 23.8 Å². The molecular formula is C23H17N3O4. The number of benzene rings is 3. The molecule has 148 valence electrons. The van der Waals surface area contributed by atoms with Crippen molar-refractivity contribution in [3.8, 4) is 11.8 Å². The number of nitriles is 1. The van der Waals surface area contributed by atoms with Gasteiger partial charge in [-0.25, -0.2) is 0 Å². The van der Waals surface area contributed by atoms with Gasteiger partial charge in [0.25, 0.3) is 11.6 Å². The first-order valence-electron chi connectivity index (χ1n) is 9.00. The molecule has 0 aliphatic heterocycles. The van der Waals surface area contributed by atoms with Crippen LogP contribution in [-0.2, 0) is 11.4 Å². The summed E-state index contributed by atoms with van der Waals surface area (Å²) in [7, 11) is 0. The molecule has 3 rings (SSSR count). The average molecular weight is 399 g/mol. The van der Waals surface area contributed by atoms with Crippen LogP contribution in [0.5, 0.6) is 5.75 Å². The first-order chi connectivity index (χ1) is 14.6. The number of nitrogens with zero attached hydrogens (tertiary/aromatic N) is 2. The standard InChI is InChI=1S/C23H17N3O4/c24-15-19(23(27)25-20-10-6-11-21(14-20)26(28)29)13-18-9-4-5-12-22(18)30-16-17-7-2-1-3-8-17/h1-14H,16H2,(H,25,27)/b19-13+. The number of ether oxygens (including phenoxy) is 1. The van der Waals surface area contributed by atoms with Crippen LogP contribution in [0.2, 0.25) is 0 Å². The molecule has 1 amide bonds. The Kier molecular flexibility index (Phi) is 6.54. The van der Waals surface area contributed by atoms with Crippen molar-refractivity contribution in [2.24, 2.45) is 0 Å². The minimum Gasteiger partial charge on any atom is -0.488 e. The van der Waals surface area contributed by atoms with Gasteiger partial charge < -0.3 is 10.1 Å². The number of hydrogen-bond acceptors (Lipinski definition) is 5. The average Bonchev–Trinajstić information content (AvgIpc) is 2.77. The molecule has 0 fully saturated rings. The van der Waals surface area contributed by atoms with E-state index < -0.39 is 10.8 Å². The van der Waals surface area contributed by atoms with Gasteiger partial charge in [0.2, 0.25) is 0 Å². The number of non-ortho nitro benzene ring substituents is 1. The summed E-state index contributed by atoms with van der Waals surface area (Å²) >= 11 is 0. The number of nitrogens with one attached hydrogen (secondary N) is 1. The third-order valence-corrected chi connectivity index (χ3v) is 4.14. The van der Waals surface area contributed by atoms with Crippen LogP contribution in [-0.4, -0.2) is 10.8 Å². The maximum absolute atomic E-state index is 12.5. The van der Waals surface area contributed by atoms with E-state index in [2.05, 4.69) is 5.32 Å². The third kappa shape index (κ3) is 5.30. The zero-order valence-corrected chi connectivity index (χ0v) is 15.8. The van der Waals surface area contributed by atoms with Crippen LogP contribution < -0.4 is 10.1 Å². The van der Waals surface area contributed by atoms with Crippen molar-refractivity contribution >= 4 is 23.4 Å². The van der Waals surface area contributed by atoms with Gasteiger partial charge in [-0.1, -0.05) is 54.6 Å². The highest BCUT2D eigenvalue weighted by atomic mass is 16.6. The van der Waals surface area contributed by atoms with E-state index in [4.69, 9.17) is 4.74 Å². The van der Waals surface area contributed by atoms with Crippen LogP contribution in [0.4, 0.5) is 11.4 Å². The molecule has 7 nitrogen and oxygen atoms in total. The number of hydrogen-bond donors (Lipinski definition) is 1. The Labute approximate surface area is 173 Å². The lowest BCUT2D eigenvalue weighted by atomic mass is 10.1. The predicted octanol–water partition coefficient (Wildman–Crippen LogP) is 4.72. The van der Waals surface area contributed by atoms with Gasteiger partial charge in [0.1, 0.15) is 24.0 Å². The van der Waals surface area contributed by atoms with E-state index in [1.807, 2.05) is 36.4 Å². The summed E-state index contributed by atoms with van der Waals surface area (Å²) in [5.74, 6) is -0.145. The van der Waals surface area contributed by atoms with Crippen molar-refractivity contribution in [2.75, 3.05) is 5.32 Å². The Morgan fingerprint density at radius 1 is 1.07 bits per heavy atom. The zero-order chi connectivity index (χ0) is 21.3. The molecule has 1 N–H and O–H groups in total. The highest BCUT2D eigenvalue weighted by Gasteiger charge is 2.13. The fourth-order valence-corrected chi connectivity index (χ4v) is 2.67. The monoisotopic (exact) mass is 399 g/mol. The third-order valence-electron chi connectivity index (χ3n) is 4.14. The van der Waals surface area contributed by atoms with E-state index in [0.29, 0.717) is 17.9 Å². The molecular weight excluding hydrogens is 382 g/mol. The van der Waals surface area contributed by atoms with Crippen molar-refractivity contribution in [2.45, 2.75) is 6.61 Å². The molecule has 0 aliphatic carbocycles. The van der Waals surface area contributed by atoms with Crippen LogP contribution in [0.3, 0.4) is 0 Å². The number of anilines is 1. The molecule has 0 unspecified atom stereocenters. The van der Waals surface area contributed by atoms with Crippen molar-refractivity contribution in [1.29, 1.82) is 5.26 Å². The number of para-hydroxylation sites is 1.